The van der Waals surface area contributed by atoms with Crippen LogP contribution in [0.15, 0.2) is 30.6 Å². The maximum atomic E-state index is 9.48. The zero-order valence-corrected chi connectivity index (χ0v) is 20.0. The van der Waals surface area contributed by atoms with Crippen molar-refractivity contribution in [2.75, 3.05) is 6.61 Å². The third kappa shape index (κ3) is 7.33. The lowest BCUT2D eigenvalue weighted by Crippen LogP contribution is -2.15. The number of benzene rings is 1. The molecule has 172 valence electrons. The molecule has 1 aromatic heterocycles. The Morgan fingerprint density at radius 2 is 1.62 bits per heavy atom. The van der Waals surface area contributed by atoms with Gasteiger partial charge in [0.15, 0.2) is 5.82 Å². The smallest absolute Gasteiger partial charge is 0.159 e. The van der Waals surface area contributed by atoms with Crippen molar-refractivity contribution < 1.29 is 4.74 Å². The largest absolute Gasteiger partial charge is 0.492 e. The van der Waals surface area contributed by atoms with Crippen molar-refractivity contribution in [2.45, 2.75) is 90.9 Å². The Hall–Kier alpha value is -2.41. The number of aromatic nitrogens is 2. The van der Waals surface area contributed by atoms with Gasteiger partial charge in [0, 0.05) is 18.0 Å². The summed E-state index contributed by atoms with van der Waals surface area (Å²) < 4.78 is 5.74. The quantitative estimate of drug-likeness (QED) is 0.325. The van der Waals surface area contributed by atoms with Crippen molar-refractivity contribution in [3.63, 3.8) is 0 Å². The molecule has 0 N–H and O–H groups in total. The molecule has 0 radical (unpaired) electrons. The SMILES string of the molecule is CCCCC[C@H]1CC[C@H](CCc2cnc(-c3ccc(OCCCC)c(C#N)c3)nc2)CC1. The first-order valence-corrected chi connectivity index (χ1v) is 12.7. The Labute approximate surface area is 194 Å². The van der Waals surface area contributed by atoms with Gasteiger partial charge in [-0.15, -0.1) is 0 Å². The van der Waals surface area contributed by atoms with Crippen LogP contribution in [0.25, 0.3) is 11.4 Å². The van der Waals surface area contributed by atoms with E-state index in [-0.39, 0.29) is 0 Å². The predicted molar refractivity (Wildman–Crippen MR) is 130 cm³/mol. The van der Waals surface area contributed by atoms with Gasteiger partial charge in [-0.1, -0.05) is 71.6 Å². The molecular formula is C28H39N3O. The highest BCUT2D eigenvalue weighted by Gasteiger charge is 2.20. The van der Waals surface area contributed by atoms with E-state index >= 15 is 0 Å². The Kier molecular flexibility index (Phi) is 10.0. The molecule has 4 heteroatoms. The number of nitrogens with zero attached hydrogens (tertiary/aromatic N) is 3. The lowest BCUT2D eigenvalue weighted by molar-refractivity contribution is 0.249. The van der Waals surface area contributed by atoms with Gasteiger partial charge in [0.1, 0.15) is 11.8 Å². The Balaban J connectivity index is 1.48. The summed E-state index contributed by atoms with van der Waals surface area (Å²) in [5, 5.41) is 9.48. The van der Waals surface area contributed by atoms with Crippen LogP contribution in [0.3, 0.4) is 0 Å². The predicted octanol–water partition coefficient (Wildman–Crippen LogP) is 7.51. The van der Waals surface area contributed by atoms with Crippen LogP contribution in [0.5, 0.6) is 5.75 Å². The Bertz CT molecular complexity index is 848. The lowest BCUT2D eigenvalue weighted by atomic mass is 9.78. The van der Waals surface area contributed by atoms with Crippen LogP contribution < -0.4 is 4.74 Å². The molecule has 1 aliphatic rings. The number of hydrogen-bond donors (Lipinski definition) is 0. The summed E-state index contributed by atoms with van der Waals surface area (Å²) in [5.74, 6) is 3.14. The van der Waals surface area contributed by atoms with E-state index in [0.717, 1.165) is 36.7 Å². The highest BCUT2D eigenvalue weighted by molar-refractivity contribution is 5.61. The molecule has 2 aromatic rings. The van der Waals surface area contributed by atoms with Crippen LogP contribution in [-0.2, 0) is 6.42 Å². The molecule has 0 atom stereocenters. The van der Waals surface area contributed by atoms with E-state index in [1.165, 1.54) is 63.4 Å². The van der Waals surface area contributed by atoms with Gasteiger partial charge < -0.3 is 4.74 Å². The summed E-state index contributed by atoms with van der Waals surface area (Å²) in [6.07, 6.45) is 19.5. The van der Waals surface area contributed by atoms with E-state index in [1.807, 2.05) is 30.6 Å². The first kappa shape index (κ1) is 24.2. The molecule has 1 fully saturated rings. The van der Waals surface area contributed by atoms with Gasteiger partial charge in [0.2, 0.25) is 0 Å². The number of aryl methyl sites for hydroxylation is 1. The molecule has 1 aliphatic carbocycles. The minimum Gasteiger partial charge on any atom is -0.492 e. The maximum absolute atomic E-state index is 9.48. The first-order valence-electron chi connectivity index (χ1n) is 12.7. The summed E-state index contributed by atoms with van der Waals surface area (Å²) in [6.45, 7) is 5.05. The van der Waals surface area contributed by atoms with Crippen molar-refractivity contribution in [2.24, 2.45) is 11.8 Å². The van der Waals surface area contributed by atoms with E-state index in [2.05, 4.69) is 29.9 Å². The van der Waals surface area contributed by atoms with Crippen molar-refractivity contribution in [1.82, 2.24) is 9.97 Å². The highest BCUT2D eigenvalue weighted by Crippen LogP contribution is 2.34. The molecule has 32 heavy (non-hydrogen) atoms. The fourth-order valence-electron chi connectivity index (χ4n) is 4.70. The fourth-order valence-corrected chi connectivity index (χ4v) is 4.70. The zero-order chi connectivity index (χ0) is 22.6. The number of hydrogen-bond acceptors (Lipinski definition) is 4. The molecule has 4 nitrogen and oxygen atoms in total. The van der Waals surface area contributed by atoms with E-state index in [1.54, 1.807) is 0 Å². The fraction of sp³-hybridized carbons (Fsp3) is 0.607. The van der Waals surface area contributed by atoms with Gasteiger partial charge in [-0.2, -0.15) is 5.26 Å². The van der Waals surface area contributed by atoms with Crippen molar-refractivity contribution in [3.05, 3.63) is 41.7 Å². The van der Waals surface area contributed by atoms with Crippen molar-refractivity contribution >= 4 is 0 Å². The van der Waals surface area contributed by atoms with Crippen LogP contribution in [0, 0.1) is 23.2 Å². The Morgan fingerprint density at radius 3 is 2.28 bits per heavy atom. The second-order valence-electron chi connectivity index (χ2n) is 9.36. The molecule has 0 saturated heterocycles. The molecule has 0 spiro atoms. The third-order valence-corrected chi connectivity index (χ3v) is 6.84. The zero-order valence-electron chi connectivity index (χ0n) is 20.0. The molecule has 1 heterocycles. The monoisotopic (exact) mass is 433 g/mol. The molecule has 0 bridgehead atoms. The van der Waals surface area contributed by atoms with Crippen LogP contribution in [-0.4, -0.2) is 16.6 Å². The van der Waals surface area contributed by atoms with Crippen LogP contribution in [0.2, 0.25) is 0 Å². The van der Waals surface area contributed by atoms with Crippen molar-refractivity contribution in [3.8, 4) is 23.2 Å². The highest BCUT2D eigenvalue weighted by atomic mass is 16.5. The van der Waals surface area contributed by atoms with Gasteiger partial charge in [0.25, 0.3) is 0 Å². The van der Waals surface area contributed by atoms with Crippen LogP contribution in [0.1, 0.15) is 95.6 Å². The Morgan fingerprint density at radius 1 is 0.938 bits per heavy atom. The summed E-state index contributed by atoms with van der Waals surface area (Å²) in [6, 6.07) is 7.87. The lowest BCUT2D eigenvalue weighted by Gasteiger charge is -2.28. The summed E-state index contributed by atoms with van der Waals surface area (Å²) in [4.78, 5) is 9.17. The van der Waals surface area contributed by atoms with Crippen LogP contribution >= 0.6 is 0 Å². The standard InChI is InChI=1S/C28H39N3O/c1-3-5-7-8-22-9-11-23(12-10-22)13-14-24-20-30-28(31-21-24)25-15-16-27(26(18-25)19-29)32-17-6-4-2/h15-16,18,20-23H,3-14,17H2,1-2H3/t22-,23-. The second-order valence-corrected chi connectivity index (χ2v) is 9.36. The number of rotatable bonds is 12. The third-order valence-electron chi connectivity index (χ3n) is 6.84. The molecule has 0 amide bonds. The van der Waals surface area contributed by atoms with Gasteiger partial charge >= 0.3 is 0 Å². The molecular weight excluding hydrogens is 394 g/mol. The van der Waals surface area contributed by atoms with E-state index in [4.69, 9.17) is 4.74 Å². The number of nitriles is 1. The number of unbranched alkanes of at least 4 members (excludes halogenated alkanes) is 3. The molecule has 0 unspecified atom stereocenters. The number of ether oxygens (including phenoxy) is 1. The average molecular weight is 434 g/mol. The van der Waals surface area contributed by atoms with Gasteiger partial charge in [-0.05, 0) is 54.9 Å². The molecule has 0 aliphatic heterocycles. The maximum Gasteiger partial charge on any atom is 0.159 e. The van der Waals surface area contributed by atoms with Gasteiger partial charge in [-0.3, -0.25) is 0 Å². The average Bonchev–Trinajstić information content (AvgIpc) is 2.84. The summed E-state index contributed by atoms with van der Waals surface area (Å²) in [7, 11) is 0. The van der Waals surface area contributed by atoms with Gasteiger partial charge in [0.05, 0.1) is 12.2 Å². The molecule has 3 rings (SSSR count). The minimum atomic E-state index is 0.538. The second kappa shape index (κ2) is 13.2. The molecule has 1 aromatic carbocycles. The summed E-state index contributed by atoms with van der Waals surface area (Å²) >= 11 is 0. The summed E-state index contributed by atoms with van der Waals surface area (Å²) in [5.41, 5.74) is 2.60. The van der Waals surface area contributed by atoms with Crippen LogP contribution in [0.4, 0.5) is 0 Å². The first-order chi connectivity index (χ1) is 15.7. The topological polar surface area (TPSA) is 58.8 Å². The van der Waals surface area contributed by atoms with E-state index < -0.39 is 0 Å². The normalized spacial score (nSPS) is 18.3. The van der Waals surface area contributed by atoms with Crippen molar-refractivity contribution in [1.29, 1.82) is 5.26 Å². The minimum absolute atomic E-state index is 0.538. The van der Waals surface area contributed by atoms with E-state index in [0.29, 0.717) is 23.7 Å². The van der Waals surface area contributed by atoms with Gasteiger partial charge in [-0.25, -0.2) is 9.97 Å². The molecule has 1 saturated carbocycles. The van der Waals surface area contributed by atoms with E-state index in [9.17, 15) is 5.26 Å².